The third kappa shape index (κ3) is 4.54. The summed E-state index contributed by atoms with van der Waals surface area (Å²) in [5.41, 5.74) is -0.937. The van der Waals surface area contributed by atoms with E-state index in [4.69, 9.17) is 4.52 Å². The zero-order valence-corrected chi connectivity index (χ0v) is 14.3. The second kappa shape index (κ2) is 7.60. The number of hydrogen-bond acceptors (Lipinski definition) is 7. The quantitative estimate of drug-likeness (QED) is 0.762. The van der Waals surface area contributed by atoms with Crippen LogP contribution in [0.3, 0.4) is 0 Å². The Bertz CT molecular complexity index is 705. The third-order valence-electron chi connectivity index (χ3n) is 4.31. The molecule has 3 heterocycles. The number of nitrogens with one attached hydrogen (secondary N) is 1. The van der Waals surface area contributed by atoms with Crippen LogP contribution < -0.4 is 10.2 Å². The first-order valence-electron chi connectivity index (χ1n) is 8.54. The molecule has 134 valence electrons. The minimum Gasteiger partial charge on any atom is -0.386 e. The number of pyridine rings is 1. The molecule has 0 aromatic carbocycles. The molecule has 2 aromatic rings. The summed E-state index contributed by atoms with van der Waals surface area (Å²) in [6.07, 6.45) is 3.68. The molecule has 25 heavy (non-hydrogen) atoms. The van der Waals surface area contributed by atoms with E-state index in [2.05, 4.69) is 20.4 Å². The van der Waals surface area contributed by atoms with Crippen LogP contribution in [-0.2, 0) is 17.6 Å². The minimum absolute atomic E-state index is 0.138. The number of aromatic nitrogens is 3. The van der Waals surface area contributed by atoms with E-state index in [1.807, 2.05) is 30.0 Å². The highest BCUT2D eigenvalue weighted by Gasteiger charge is 2.36. The highest BCUT2D eigenvalue weighted by atomic mass is 16.5. The number of rotatable bonds is 7. The molecule has 0 saturated carbocycles. The molecule has 8 heteroatoms. The molecule has 2 aromatic heterocycles. The summed E-state index contributed by atoms with van der Waals surface area (Å²) >= 11 is 0. The predicted molar refractivity (Wildman–Crippen MR) is 91.0 cm³/mol. The summed E-state index contributed by atoms with van der Waals surface area (Å²) in [6, 6.07) is 5.70. The highest BCUT2D eigenvalue weighted by Crippen LogP contribution is 2.24. The maximum atomic E-state index is 12.0. The number of amides is 1. The van der Waals surface area contributed by atoms with Crippen LogP contribution in [0.5, 0.6) is 0 Å². The van der Waals surface area contributed by atoms with Crippen LogP contribution in [0.2, 0.25) is 0 Å². The molecular weight excluding hydrogens is 322 g/mol. The minimum atomic E-state index is -0.937. The number of carbonyl (C=O) groups is 1. The molecule has 8 nitrogen and oxygen atoms in total. The Hall–Kier alpha value is -2.48. The lowest BCUT2D eigenvalue weighted by Crippen LogP contribution is -2.45. The fourth-order valence-electron chi connectivity index (χ4n) is 2.84. The van der Waals surface area contributed by atoms with Crippen molar-refractivity contribution < 1.29 is 14.4 Å². The van der Waals surface area contributed by atoms with Crippen LogP contribution in [0, 0.1) is 0 Å². The molecule has 2 N–H and O–H groups in total. The van der Waals surface area contributed by atoms with Crippen LogP contribution >= 0.6 is 0 Å². The second-order valence-corrected chi connectivity index (χ2v) is 6.32. The molecule has 1 amide bonds. The van der Waals surface area contributed by atoms with Gasteiger partial charge in [0, 0.05) is 45.1 Å². The van der Waals surface area contributed by atoms with Crippen molar-refractivity contribution in [3.63, 3.8) is 0 Å². The highest BCUT2D eigenvalue weighted by molar-refractivity contribution is 5.76. The molecule has 1 saturated heterocycles. The molecule has 1 aliphatic rings. The Balaban J connectivity index is 1.44. The van der Waals surface area contributed by atoms with Crippen molar-refractivity contribution in [2.24, 2.45) is 0 Å². The van der Waals surface area contributed by atoms with Crippen molar-refractivity contribution in [2.75, 3.05) is 24.5 Å². The SMILES string of the molecule is CCc1noc(CCC(=O)NC[C@@]2(O)CCN(c3ccccn3)C2)n1. The van der Waals surface area contributed by atoms with E-state index in [0.29, 0.717) is 44.1 Å². The van der Waals surface area contributed by atoms with Gasteiger partial charge in [-0.05, 0) is 18.6 Å². The van der Waals surface area contributed by atoms with E-state index < -0.39 is 5.60 Å². The molecule has 0 aliphatic carbocycles. The van der Waals surface area contributed by atoms with E-state index in [9.17, 15) is 9.90 Å². The molecular formula is C17H23N5O3. The fraction of sp³-hybridized carbons (Fsp3) is 0.529. The predicted octanol–water partition coefficient (Wildman–Crippen LogP) is 0.717. The summed E-state index contributed by atoms with van der Waals surface area (Å²) in [6.45, 7) is 3.33. The van der Waals surface area contributed by atoms with Crippen molar-refractivity contribution >= 4 is 11.7 Å². The van der Waals surface area contributed by atoms with Crippen LogP contribution in [0.4, 0.5) is 5.82 Å². The average molecular weight is 345 g/mol. The van der Waals surface area contributed by atoms with E-state index in [1.165, 1.54) is 0 Å². The summed E-state index contributed by atoms with van der Waals surface area (Å²) in [7, 11) is 0. The van der Waals surface area contributed by atoms with Gasteiger partial charge in [0.25, 0.3) is 0 Å². The van der Waals surface area contributed by atoms with E-state index in [1.54, 1.807) is 6.20 Å². The Labute approximate surface area is 146 Å². The molecule has 1 aliphatic heterocycles. The molecule has 3 rings (SSSR count). The molecule has 1 atom stereocenters. The zero-order chi connectivity index (χ0) is 17.7. The van der Waals surface area contributed by atoms with Gasteiger partial charge in [-0.2, -0.15) is 4.98 Å². The first-order valence-corrected chi connectivity index (χ1v) is 8.54. The van der Waals surface area contributed by atoms with Crippen molar-refractivity contribution in [2.45, 2.75) is 38.2 Å². The number of anilines is 1. The van der Waals surface area contributed by atoms with Gasteiger partial charge in [-0.25, -0.2) is 4.98 Å². The van der Waals surface area contributed by atoms with Gasteiger partial charge in [0.05, 0.1) is 0 Å². The monoisotopic (exact) mass is 345 g/mol. The van der Waals surface area contributed by atoms with Gasteiger partial charge < -0.3 is 19.8 Å². The molecule has 0 radical (unpaired) electrons. The van der Waals surface area contributed by atoms with Crippen molar-refractivity contribution in [3.05, 3.63) is 36.1 Å². The van der Waals surface area contributed by atoms with Crippen LogP contribution in [0.15, 0.2) is 28.9 Å². The third-order valence-corrected chi connectivity index (χ3v) is 4.31. The summed E-state index contributed by atoms with van der Waals surface area (Å²) in [5, 5.41) is 17.3. The number of carbonyl (C=O) groups excluding carboxylic acids is 1. The number of nitrogens with zero attached hydrogens (tertiary/aromatic N) is 4. The topological polar surface area (TPSA) is 104 Å². The maximum absolute atomic E-state index is 12.0. The Morgan fingerprint density at radius 3 is 3.08 bits per heavy atom. The van der Waals surface area contributed by atoms with Crippen molar-refractivity contribution in [1.29, 1.82) is 0 Å². The van der Waals surface area contributed by atoms with Crippen LogP contribution in [-0.4, -0.2) is 51.4 Å². The summed E-state index contributed by atoms with van der Waals surface area (Å²) < 4.78 is 5.06. The Morgan fingerprint density at radius 1 is 1.48 bits per heavy atom. The molecule has 0 bridgehead atoms. The lowest BCUT2D eigenvalue weighted by atomic mass is 10.0. The van der Waals surface area contributed by atoms with Gasteiger partial charge in [-0.15, -0.1) is 0 Å². The summed E-state index contributed by atoms with van der Waals surface area (Å²) in [4.78, 5) is 22.5. The summed E-state index contributed by atoms with van der Waals surface area (Å²) in [5.74, 6) is 1.81. The van der Waals surface area contributed by atoms with E-state index in [-0.39, 0.29) is 18.9 Å². The normalized spacial score (nSPS) is 20.0. The molecule has 1 fully saturated rings. The number of β-amino-alcohol motifs (C(OH)–C–C–N with tert-alkyl or cyclic N) is 1. The van der Waals surface area contributed by atoms with Gasteiger partial charge in [0.2, 0.25) is 11.8 Å². The zero-order valence-electron chi connectivity index (χ0n) is 14.3. The fourth-order valence-corrected chi connectivity index (χ4v) is 2.84. The smallest absolute Gasteiger partial charge is 0.227 e. The van der Waals surface area contributed by atoms with Crippen LogP contribution in [0.1, 0.15) is 31.5 Å². The second-order valence-electron chi connectivity index (χ2n) is 6.32. The van der Waals surface area contributed by atoms with Gasteiger partial charge in [0.15, 0.2) is 5.82 Å². The van der Waals surface area contributed by atoms with Gasteiger partial charge in [0.1, 0.15) is 11.4 Å². The average Bonchev–Trinajstić information content (AvgIpc) is 3.26. The Morgan fingerprint density at radius 2 is 2.36 bits per heavy atom. The number of hydrogen-bond donors (Lipinski definition) is 2. The number of aryl methyl sites for hydroxylation is 2. The first kappa shape index (κ1) is 17.3. The lowest BCUT2D eigenvalue weighted by Gasteiger charge is -2.24. The molecule has 0 spiro atoms. The maximum Gasteiger partial charge on any atom is 0.227 e. The van der Waals surface area contributed by atoms with E-state index in [0.717, 1.165) is 5.82 Å². The van der Waals surface area contributed by atoms with Crippen molar-refractivity contribution in [1.82, 2.24) is 20.4 Å². The lowest BCUT2D eigenvalue weighted by molar-refractivity contribution is -0.122. The van der Waals surface area contributed by atoms with Gasteiger partial charge >= 0.3 is 0 Å². The first-order chi connectivity index (χ1) is 12.1. The Kier molecular flexibility index (Phi) is 5.28. The number of aliphatic hydroxyl groups is 1. The largest absolute Gasteiger partial charge is 0.386 e. The standard InChI is InChI=1S/C17H23N5O3/c1-2-13-20-16(25-21-13)7-6-15(23)19-11-17(24)8-10-22(12-17)14-5-3-4-9-18-14/h3-5,9,24H,2,6-8,10-12H2,1H3,(H,19,23)/t17-/m0/s1. The van der Waals surface area contributed by atoms with E-state index >= 15 is 0 Å². The molecule has 0 unspecified atom stereocenters. The van der Waals surface area contributed by atoms with Crippen molar-refractivity contribution in [3.8, 4) is 0 Å². The van der Waals surface area contributed by atoms with Gasteiger partial charge in [-0.3, -0.25) is 4.79 Å². The van der Waals surface area contributed by atoms with Crippen LogP contribution in [0.25, 0.3) is 0 Å². The van der Waals surface area contributed by atoms with Gasteiger partial charge in [-0.1, -0.05) is 18.1 Å².